The van der Waals surface area contributed by atoms with Crippen LogP contribution in [0.3, 0.4) is 0 Å². The van der Waals surface area contributed by atoms with Crippen molar-refractivity contribution in [1.82, 2.24) is 18.7 Å². The Hall–Kier alpha value is -2.32. The highest BCUT2D eigenvalue weighted by atomic mass is 16.5. The van der Waals surface area contributed by atoms with Gasteiger partial charge in [0.15, 0.2) is 0 Å². The van der Waals surface area contributed by atoms with E-state index in [1.807, 2.05) is 23.6 Å². The molecule has 142 valence electrons. The van der Waals surface area contributed by atoms with E-state index in [0.29, 0.717) is 25.7 Å². The highest BCUT2D eigenvalue weighted by Crippen LogP contribution is 2.25. The molecule has 8 nitrogen and oxygen atoms in total. The minimum Gasteiger partial charge on any atom is -0.389 e. The van der Waals surface area contributed by atoms with Crippen molar-refractivity contribution in [2.45, 2.75) is 45.9 Å². The second-order valence-corrected chi connectivity index (χ2v) is 7.24. The van der Waals surface area contributed by atoms with Crippen LogP contribution < -0.4 is 11.4 Å². The zero-order chi connectivity index (χ0) is 19.1. The summed E-state index contributed by atoms with van der Waals surface area (Å²) in [4.78, 5) is 17.1. The largest absolute Gasteiger partial charge is 0.389 e. The van der Waals surface area contributed by atoms with Gasteiger partial charge >= 0.3 is 5.69 Å². The van der Waals surface area contributed by atoms with Gasteiger partial charge in [0.1, 0.15) is 0 Å². The van der Waals surface area contributed by atoms with Crippen molar-refractivity contribution in [3.63, 3.8) is 0 Å². The van der Waals surface area contributed by atoms with E-state index >= 15 is 0 Å². The van der Waals surface area contributed by atoms with Crippen LogP contribution in [0.4, 0.5) is 5.95 Å². The number of rotatable bonds is 7. The molecule has 0 saturated heterocycles. The average Bonchev–Trinajstić information content (AvgIpc) is 2.98. The molecule has 0 fully saturated rings. The van der Waals surface area contributed by atoms with Crippen molar-refractivity contribution < 1.29 is 9.84 Å². The Morgan fingerprint density at radius 2 is 1.96 bits per heavy atom. The lowest BCUT2D eigenvalue weighted by Crippen LogP contribution is -2.33. The van der Waals surface area contributed by atoms with Crippen LogP contribution in [0.2, 0.25) is 0 Å². The maximum atomic E-state index is 12.6. The molecule has 0 saturated carbocycles. The van der Waals surface area contributed by atoms with Gasteiger partial charge in [-0.1, -0.05) is 0 Å². The lowest BCUT2D eigenvalue weighted by Gasteiger charge is -2.17. The number of aryl methyl sites for hydroxylation is 2. The first-order valence-electron chi connectivity index (χ1n) is 8.88. The molecule has 0 radical (unpaired) electrons. The number of hydrogen-bond acceptors (Lipinski definition) is 5. The molecule has 26 heavy (non-hydrogen) atoms. The smallest absolute Gasteiger partial charge is 0.328 e. The van der Waals surface area contributed by atoms with E-state index in [0.717, 1.165) is 28.5 Å². The van der Waals surface area contributed by atoms with Crippen LogP contribution in [0, 0.1) is 0 Å². The van der Waals surface area contributed by atoms with Gasteiger partial charge < -0.3 is 20.1 Å². The first-order valence-corrected chi connectivity index (χ1v) is 8.88. The quantitative estimate of drug-likeness (QED) is 0.621. The number of anilines is 1. The summed E-state index contributed by atoms with van der Waals surface area (Å²) in [7, 11) is 1.72. The number of benzene rings is 1. The highest BCUT2D eigenvalue weighted by molar-refractivity contribution is 5.93. The SMILES string of the molecule is CCOCCCn1c(N)nc2cc3c(cc21)n(CC(C)(C)O)c(=O)n3C. The summed E-state index contributed by atoms with van der Waals surface area (Å²) in [6.45, 7) is 7.59. The summed E-state index contributed by atoms with van der Waals surface area (Å²) in [5.41, 5.74) is 8.11. The average molecular weight is 361 g/mol. The second-order valence-electron chi connectivity index (χ2n) is 7.24. The van der Waals surface area contributed by atoms with E-state index in [9.17, 15) is 9.90 Å². The van der Waals surface area contributed by atoms with Crippen LogP contribution in [0.5, 0.6) is 0 Å². The Morgan fingerprint density at radius 3 is 2.62 bits per heavy atom. The fourth-order valence-electron chi connectivity index (χ4n) is 3.28. The van der Waals surface area contributed by atoms with Crippen molar-refractivity contribution in [3.8, 4) is 0 Å². The van der Waals surface area contributed by atoms with E-state index in [4.69, 9.17) is 10.5 Å². The molecule has 0 amide bonds. The van der Waals surface area contributed by atoms with Gasteiger partial charge in [-0.15, -0.1) is 0 Å². The molecule has 0 aliphatic rings. The van der Waals surface area contributed by atoms with E-state index in [1.54, 1.807) is 30.0 Å². The van der Waals surface area contributed by atoms with Gasteiger partial charge in [0.05, 0.1) is 34.2 Å². The highest BCUT2D eigenvalue weighted by Gasteiger charge is 2.20. The van der Waals surface area contributed by atoms with Crippen LogP contribution in [0.25, 0.3) is 22.1 Å². The molecule has 3 aromatic rings. The Bertz CT molecular complexity index is 990. The summed E-state index contributed by atoms with van der Waals surface area (Å²) in [6, 6.07) is 3.81. The number of nitrogen functional groups attached to an aromatic ring is 1. The summed E-state index contributed by atoms with van der Waals surface area (Å²) < 4.78 is 10.5. The normalized spacial score (nSPS) is 12.5. The molecule has 2 aromatic heterocycles. The standard InChI is InChI=1S/C18H27N5O3/c1-5-26-8-6-7-22-13-10-15-14(9-12(13)20-16(22)19)21(4)17(24)23(15)11-18(2,3)25/h9-10,25H,5-8,11H2,1-4H3,(H2,19,20). The van der Waals surface area contributed by atoms with Gasteiger partial charge in [0.2, 0.25) is 5.95 Å². The van der Waals surface area contributed by atoms with Gasteiger partial charge in [-0.3, -0.25) is 9.13 Å². The van der Waals surface area contributed by atoms with E-state index in [1.165, 1.54) is 0 Å². The fourth-order valence-corrected chi connectivity index (χ4v) is 3.28. The summed E-state index contributed by atoms with van der Waals surface area (Å²) >= 11 is 0. The zero-order valence-corrected chi connectivity index (χ0v) is 15.8. The fraction of sp³-hybridized carbons (Fsp3) is 0.556. The van der Waals surface area contributed by atoms with E-state index in [2.05, 4.69) is 4.98 Å². The van der Waals surface area contributed by atoms with Crippen LogP contribution in [0.15, 0.2) is 16.9 Å². The lowest BCUT2D eigenvalue weighted by atomic mass is 10.1. The first kappa shape index (κ1) is 18.5. The van der Waals surface area contributed by atoms with Gasteiger partial charge in [0, 0.05) is 26.8 Å². The van der Waals surface area contributed by atoms with Crippen LogP contribution >= 0.6 is 0 Å². The van der Waals surface area contributed by atoms with E-state index in [-0.39, 0.29) is 12.2 Å². The van der Waals surface area contributed by atoms with Crippen molar-refractivity contribution in [2.24, 2.45) is 7.05 Å². The van der Waals surface area contributed by atoms with Crippen LogP contribution in [-0.4, -0.2) is 42.6 Å². The molecule has 3 rings (SSSR count). The van der Waals surface area contributed by atoms with Crippen molar-refractivity contribution in [1.29, 1.82) is 0 Å². The first-order chi connectivity index (χ1) is 12.2. The molecule has 8 heteroatoms. The number of nitrogens with two attached hydrogens (primary N) is 1. The van der Waals surface area contributed by atoms with Gasteiger partial charge in [0.25, 0.3) is 0 Å². The lowest BCUT2D eigenvalue weighted by molar-refractivity contribution is 0.0616. The van der Waals surface area contributed by atoms with Gasteiger partial charge in [-0.25, -0.2) is 9.78 Å². The molecule has 0 atom stereocenters. The Labute approximate surface area is 151 Å². The number of fused-ring (bicyclic) bond motifs is 2. The minimum absolute atomic E-state index is 0.161. The molecule has 1 aromatic carbocycles. The molecule has 3 N–H and O–H groups in total. The van der Waals surface area contributed by atoms with Gasteiger partial charge in [-0.05, 0) is 39.3 Å². The number of ether oxygens (including phenoxy) is 1. The molecule has 0 spiro atoms. The zero-order valence-electron chi connectivity index (χ0n) is 15.8. The monoisotopic (exact) mass is 361 g/mol. The third kappa shape index (κ3) is 3.34. The van der Waals surface area contributed by atoms with Crippen LogP contribution in [-0.2, 0) is 24.9 Å². The van der Waals surface area contributed by atoms with Crippen molar-refractivity contribution >= 4 is 28.0 Å². The summed E-state index contributed by atoms with van der Waals surface area (Å²) in [5, 5.41) is 10.2. The predicted molar refractivity (Wildman–Crippen MR) is 102 cm³/mol. The number of aliphatic hydroxyl groups is 1. The van der Waals surface area contributed by atoms with Crippen molar-refractivity contribution in [2.75, 3.05) is 18.9 Å². The Morgan fingerprint density at radius 1 is 1.23 bits per heavy atom. The maximum Gasteiger partial charge on any atom is 0.328 e. The third-order valence-electron chi connectivity index (χ3n) is 4.46. The molecular formula is C18H27N5O3. The Kier molecular flexibility index (Phi) is 4.81. The Balaban J connectivity index is 2.12. The molecule has 2 heterocycles. The number of hydrogen-bond donors (Lipinski definition) is 2. The minimum atomic E-state index is -0.996. The number of nitrogens with zero attached hydrogens (tertiary/aromatic N) is 4. The molecule has 0 bridgehead atoms. The van der Waals surface area contributed by atoms with Gasteiger partial charge in [-0.2, -0.15) is 0 Å². The third-order valence-corrected chi connectivity index (χ3v) is 4.46. The molecule has 0 aliphatic carbocycles. The van der Waals surface area contributed by atoms with E-state index < -0.39 is 5.60 Å². The topological polar surface area (TPSA) is 100 Å². The number of imidazole rings is 2. The van der Waals surface area contributed by atoms with Crippen molar-refractivity contribution in [3.05, 3.63) is 22.6 Å². The van der Waals surface area contributed by atoms with Crippen LogP contribution in [0.1, 0.15) is 27.2 Å². The summed E-state index contributed by atoms with van der Waals surface area (Å²) in [6.07, 6.45) is 0.826. The number of aromatic nitrogens is 4. The summed E-state index contributed by atoms with van der Waals surface area (Å²) in [5.74, 6) is 0.447. The molecule has 0 unspecified atom stereocenters. The predicted octanol–water partition coefficient (Wildman–Crippen LogP) is 1.47. The molecular weight excluding hydrogens is 334 g/mol. The molecule has 0 aliphatic heterocycles. The maximum absolute atomic E-state index is 12.6. The second kappa shape index (κ2) is 6.77.